The average molecular weight is 414 g/mol. The van der Waals surface area contributed by atoms with Gasteiger partial charge in [-0.3, -0.25) is 4.79 Å². The molecule has 0 aromatic heterocycles. The number of benzene rings is 1. The van der Waals surface area contributed by atoms with Crippen LogP contribution in [-0.2, 0) is 27.8 Å². The number of hydrogen-bond donors (Lipinski definition) is 2. The van der Waals surface area contributed by atoms with Crippen LogP contribution in [0.3, 0.4) is 0 Å². The van der Waals surface area contributed by atoms with Crippen molar-refractivity contribution in [1.29, 1.82) is 0 Å². The monoisotopic (exact) mass is 413 g/mol. The lowest BCUT2D eigenvalue weighted by molar-refractivity contribution is -0.154. The van der Waals surface area contributed by atoms with Crippen molar-refractivity contribution < 1.29 is 24.5 Å². The third kappa shape index (κ3) is 2.73. The van der Waals surface area contributed by atoms with Crippen molar-refractivity contribution >= 4 is 5.97 Å². The largest absolute Gasteiger partial charge is 0.504 e. The molecule has 1 aromatic rings. The molecule has 2 unspecified atom stereocenters. The van der Waals surface area contributed by atoms with Crippen LogP contribution in [0.15, 0.2) is 18.2 Å². The van der Waals surface area contributed by atoms with Gasteiger partial charge in [0.25, 0.3) is 0 Å². The van der Waals surface area contributed by atoms with Gasteiger partial charge in [0, 0.05) is 29.4 Å². The highest BCUT2D eigenvalue weighted by molar-refractivity contribution is 5.71. The van der Waals surface area contributed by atoms with Crippen molar-refractivity contribution in [2.75, 3.05) is 13.6 Å². The van der Waals surface area contributed by atoms with Crippen molar-refractivity contribution in [1.82, 2.24) is 4.90 Å². The lowest BCUT2D eigenvalue weighted by Crippen LogP contribution is -2.64. The number of carbonyl (C=O) groups excluding carboxylic acids is 1. The summed E-state index contributed by atoms with van der Waals surface area (Å²) in [4.78, 5) is 14.7. The molecule has 2 bridgehead atoms. The van der Waals surface area contributed by atoms with Gasteiger partial charge < -0.3 is 24.6 Å². The smallest absolute Gasteiger partial charge is 0.306 e. The van der Waals surface area contributed by atoms with Crippen molar-refractivity contribution in [3.8, 4) is 11.5 Å². The molecule has 1 spiro atoms. The fraction of sp³-hybridized carbons (Fsp3) is 0.625. The molecule has 6 heteroatoms. The highest BCUT2D eigenvalue weighted by atomic mass is 16.6. The Bertz CT molecular complexity index is 933. The maximum absolute atomic E-state index is 12.3. The van der Waals surface area contributed by atoms with Crippen LogP contribution < -0.4 is 4.74 Å². The van der Waals surface area contributed by atoms with Crippen LogP contribution in [0, 0.1) is 5.92 Å². The quantitative estimate of drug-likeness (QED) is 0.586. The van der Waals surface area contributed by atoms with E-state index < -0.39 is 11.7 Å². The fourth-order valence-electron chi connectivity index (χ4n) is 6.25. The number of esters is 1. The number of nitrogens with zero attached hydrogens (tertiary/aromatic N) is 1. The molecule has 2 heterocycles. The molecular formula is C24H31NO5. The molecule has 1 aromatic carbocycles. The van der Waals surface area contributed by atoms with Gasteiger partial charge in [-0.1, -0.05) is 12.2 Å². The van der Waals surface area contributed by atoms with Gasteiger partial charge in [-0.15, -0.1) is 0 Å². The van der Waals surface area contributed by atoms with Crippen LogP contribution in [0.2, 0.25) is 0 Å². The number of aliphatic hydroxyl groups is 1. The molecule has 0 saturated carbocycles. The van der Waals surface area contributed by atoms with Gasteiger partial charge in [0.05, 0.1) is 0 Å². The summed E-state index contributed by atoms with van der Waals surface area (Å²) in [7, 11) is 2.16. The number of carbonyl (C=O) groups is 1. The molecule has 2 N–H and O–H groups in total. The number of piperidine rings is 1. The Kier molecular flexibility index (Phi) is 4.29. The lowest BCUT2D eigenvalue weighted by atomic mass is 9.53. The zero-order valence-corrected chi connectivity index (χ0v) is 18.1. The van der Waals surface area contributed by atoms with Gasteiger partial charge >= 0.3 is 5.97 Å². The molecule has 6 nitrogen and oxygen atoms in total. The van der Waals surface area contributed by atoms with Gasteiger partial charge in [-0.2, -0.15) is 0 Å². The zero-order chi connectivity index (χ0) is 21.4. The van der Waals surface area contributed by atoms with E-state index in [4.69, 9.17) is 9.47 Å². The Hall–Kier alpha value is -2.05. The number of phenols is 1. The predicted molar refractivity (Wildman–Crippen MR) is 112 cm³/mol. The summed E-state index contributed by atoms with van der Waals surface area (Å²) in [5, 5.41) is 21.6. The summed E-state index contributed by atoms with van der Waals surface area (Å²) in [5.74, 6) is 0.662. The molecule has 0 radical (unpaired) electrons. The number of hydrogen-bond acceptors (Lipinski definition) is 6. The molecule has 5 rings (SSSR count). The first-order valence-electron chi connectivity index (χ1n) is 10.9. The van der Waals surface area contributed by atoms with Crippen molar-refractivity contribution in [2.24, 2.45) is 5.92 Å². The number of phenolic OH excluding ortho intramolecular Hbond substituents is 1. The first kappa shape index (κ1) is 19.9. The minimum Gasteiger partial charge on any atom is -0.504 e. The predicted octanol–water partition coefficient (Wildman–Crippen LogP) is 2.47. The molecule has 4 aliphatic rings. The third-order valence-electron chi connectivity index (χ3n) is 7.39. The normalized spacial score (nSPS) is 33.8. The Labute approximate surface area is 177 Å². The van der Waals surface area contributed by atoms with Gasteiger partial charge in [-0.05, 0) is 70.8 Å². The second-order valence-corrected chi connectivity index (χ2v) is 10.3. The molecular weight excluding hydrogens is 382 g/mol. The van der Waals surface area contributed by atoms with Crippen LogP contribution >= 0.6 is 0 Å². The van der Waals surface area contributed by atoms with Crippen molar-refractivity contribution in [3.05, 3.63) is 34.9 Å². The minimum atomic E-state index is -0.687. The molecule has 1 fully saturated rings. The molecule has 30 heavy (non-hydrogen) atoms. The summed E-state index contributed by atoms with van der Waals surface area (Å²) in [6.07, 6.45) is 5.48. The van der Waals surface area contributed by atoms with Crippen molar-refractivity contribution in [3.63, 3.8) is 0 Å². The van der Waals surface area contributed by atoms with Gasteiger partial charge in [0.2, 0.25) is 0 Å². The molecule has 162 valence electrons. The first-order valence-corrected chi connectivity index (χ1v) is 10.9. The van der Waals surface area contributed by atoms with E-state index in [1.54, 1.807) is 6.07 Å². The van der Waals surface area contributed by atoms with Crippen LogP contribution in [0.1, 0.15) is 50.3 Å². The van der Waals surface area contributed by atoms with Crippen LogP contribution in [0.5, 0.6) is 11.5 Å². The van der Waals surface area contributed by atoms with E-state index in [9.17, 15) is 15.0 Å². The second-order valence-electron chi connectivity index (χ2n) is 10.3. The molecule has 1 saturated heterocycles. The van der Waals surface area contributed by atoms with Gasteiger partial charge in [0.15, 0.2) is 11.5 Å². The Morgan fingerprint density at radius 3 is 2.87 bits per heavy atom. The Morgan fingerprint density at radius 1 is 1.37 bits per heavy atom. The topological polar surface area (TPSA) is 79.2 Å². The molecule has 5 atom stereocenters. The number of likely N-dealkylation sites (tertiary alicyclic amines) is 1. The van der Waals surface area contributed by atoms with E-state index >= 15 is 0 Å². The summed E-state index contributed by atoms with van der Waals surface area (Å²) >= 11 is 0. The number of aliphatic hydroxyl groups excluding tert-OH is 1. The standard InChI is InChI=1S/C24H31NO5/c1-23(2,3)30-19(28)8-5-13-11-18(27)21-20-14(13)12-16-15-6-7-17(26)22(29-21)24(15,20)9-10-25(16)4/h6-7,11,15-17,22,26-27H,5,8-10,12H2,1-4H3/t15?,16-,17+,22+,24?/m1/s1. The summed E-state index contributed by atoms with van der Waals surface area (Å²) in [6, 6.07) is 2.07. The number of aromatic hydroxyl groups is 1. The zero-order valence-electron chi connectivity index (χ0n) is 18.1. The average Bonchev–Trinajstić information content (AvgIpc) is 3.00. The summed E-state index contributed by atoms with van der Waals surface area (Å²) in [5.41, 5.74) is 2.42. The summed E-state index contributed by atoms with van der Waals surface area (Å²) in [6.45, 7) is 6.53. The van der Waals surface area contributed by atoms with Gasteiger partial charge in [0.1, 0.15) is 17.8 Å². The number of rotatable bonds is 3. The fourth-order valence-corrected chi connectivity index (χ4v) is 6.25. The highest BCUT2D eigenvalue weighted by Gasteiger charge is 2.64. The van der Waals surface area contributed by atoms with E-state index in [0.29, 0.717) is 18.2 Å². The SMILES string of the molecule is CN1CCC23c4c5c(CCC(=O)OC(C)(C)C)cc(O)c4O[C@H]2[C@@H](O)C=CC3[C@H]1C5. The van der Waals surface area contributed by atoms with Crippen molar-refractivity contribution in [2.45, 2.75) is 75.7 Å². The maximum Gasteiger partial charge on any atom is 0.306 e. The van der Waals surface area contributed by atoms with Crippen LogP contribution in [0.25, 0.3) is 0 Å². The molecule has 0 amide bonds. The third-order valence-corrected chi connectivity index (χ3v) is 7.39. The van der Waals surface area contributed by atoms with E-state index in [0.717, 1.165) is 30.5 Å². The van der Waals surface area contributed by atoms with E-state index in [1.807, 2.05) is 26.8 Å². The highest BCUT2D eigenvalue weighted by Crippen LogP contribution is 2.63. The summed E-state index contributed by atoms with van der Waals surface area (Å²) < 4.78 is 11.7. The number of likely N-dealkylation sites (N-methyl/N-ethyl adjacent to an activating group) is 1. The second kappa shape index (κ2) is 6.47. The minimum absolute atomic E-state index is 0.111. The maximum atomic E-state index is 12.3. The van der Waals surface area contributed by atoms with Crippen LogP contribution in [0.4, 0.5) is 0 Å². The lowest BCUT2D eigenvalue weighted by Gasteiger charge is -2.56. The van der Waals surface area contributed by atoms with E-state index in [2.05, 4.69) is 18.0 Å². The van der Waals surface area contributed by atoms with Crippen LogP contribution in [-0.4, -0.2) is 58.5 Å². The van der Waals surface area contributed by atoms with E-state index in [1.165, 1.54) is 5.56 Å². The van der Waals surface area contributed by atoms with E-state index in [-0.39, 0.29) is 35.6 Å². The number of ether oxygens (including phenoxy) is 2. The first-order chi connectivity index (χ1) is 14.1. The Balaban J connectivity index is 1.57. The molecule has 2 aliphatic carbocycles. The van der Waals surface area contributed by atoms with Gasteiger partial charge in [-0.25, -0.2) is 0 Å². The number of aryl methyl sites for hydroxylation is 1. The molecule has 2 aliphatic heterocycles. The Morgan fingerprint density at radius 2 is 2.13 bits per heavy atom.